The lowest BCUT2D eigenvalue weighted by Gasteiger charge is -2.24. The van der Waals surface area contributed by atoms with Gasteiger partial charge >= 0.3 is 6.09 Å². The highest BCUT2D eigenvalue weighted by Gasteiger charge is 2.47. The predicted octanol–water partition coefficient (Wildman–Crippen LogP) is 5.61. The van der Waals surface area contributed by atoms with E-state index in [0.29, 0.717) is 34.8 Å². The average molecular weight is 518 g/mol. The summed E-state index contributed by atoms with van der Waals surface area (Å²) in [6, 6.07) is 19.0. The number of carbonyl (C=O) groups excluding carboxylic acids is 3. The zero-order valence-electron chi connectivity index (χ0n) is 21.7. The maximum absolute atomic E-state index is 13.4. The maximum Gasteiger partial charge on any atom is 0.411 e. The number of hydrogen-bond acceptors (Lipinski definition) is 4. The second-order valence-electron chi connectivity index (χ2n) is 9.92. The Kier molecular flexibility index (Phi) is 8.41. The summed E-state index contributed by atoms with van der Waals surface area (Å²) in [5.41, 5.74) is 3.32. The van der Waals surface area contributed by atoms with Crippen LogP contribution in [0.1, 0.15) is 53.4 Å². The molecule has 1 fully saturated rings. The van der Waals surface area contributed by atoms with Crippen LogP contribution < -0.4 is 10.6 Å². The zero-order chi connectivity index (χ0) is 27.2. The summed E-state index contributed by atoms with van der Waals surface area (Å²) in [5.74, 6) is -0.594. The van der Waals surface area contributed by atoms with Gasteiger partial charge in [-0.1, -0.05) is 55.8 Å². The van der Waals surface area contributed by atoms with Gasteiger partial charge in [0, 0.05) is 17.8 Å². The molecule has 0 saturated carbocycles. The Morgan fingerprint density at radius 1 is 1.03 bits per heavy atom. The van der Waals surface area contributed by atoms with Crippen molar-refractivity contribution in [2.45, 2.75) is 45.9 Å². The van der Waals surface area contributed by atoms with E-state index in [1.807, 2.05) is 19.1 Å². The molecule has 0 unspecified atom stereocenters. The third kappa shape index (κ3) is 6.56. The first-order chi connectivity index (χ1) is 18.2. The lowest BCUT2D eigenvalue weighted by Crippen LogP contribution is -2.46. The summed E-state index contributed by atoms with van der Waals surface area (Å²) < 4.78 is 19.1. The summed E-state index contributed by atoms with van der Waals surface area (Å²) in [7, 11) is 0. The van der Waals surface area contributed by atoms with Crippen molar-refractivity contribution in [1.82, 2.24) is 10.2 Å². The van der Waals surface area contributed by atoms with E-state index in [2.05, 4.69) is 24.5 Å². The van der Waals surface area contributed by atoms with Gasteiger partial charge in [0.25, 0.3) is 5.91 Å². The van der Waals surface area contributed by atoms with E-state index < -0.39 is 18.2 Å². The Morgan fingerprint density at radius 2 is 1.74 bits per heavy atom. The van der Waals surface area contributed by atoms with Crippen molar-refractivity contribution in [2.75, 3.05) is 11.9 Å². The fourth-order valence-electron chi connectivity index (χ4n) is 4.29. The lowest BCUT2D eigenvalue weighted by atomic mass is 9.99. The molecule has 198 valence electrons. The predicted molar refractivity (Wildman–Crippen MR) is 143 cm³/mol. The third-order valence-electron chi connectivity index (χ3n) is 6.43. The number of ether oxygens (including phenoxy) is 1. The molecule has 1 heterocycles. The van der Waals surface area contributed by atoms with E-state index in [1.54, 1.807) is 48.5 Å². The molecule has 3 aromatic rings. The summed E-state index contributed by atoms with van der Waals surface area (Å²) in [6.07, 6.45) is -0.744. The Hall–Kier alpha value is -4.20. The van der Waals surface area contributed by atoms with Crippen LogP contribution in [-0.4, -0.2) is 35.4 Å². The van der Waals surface area contributed by atoms with Crippen molar-refractivity contribution in [3.05, 3.63) is 101 Å². The van der Waals surface area contributed by atoms with Gasteiger partial charge in [0.1, 0.15) is 5.82 Å². The van der Waals surface area contributed by atoms with Crippen LogP contribution in [0.2, 0.25) is 0 Å². The first-order valence-electron chi connectivity index (χ1n) is 12.7. The number of nitrogens with zero attached hydrogens (tertiary/aromatic N) is 1. The van der Waals surface area contributed by atoms with E-state index in [9.17, 15) is 18.8 Å². The summed E-state index contributed by atoms with van der Waals surface area (Å²) in [4.78, 5) is 40.5. The second kappa shape index (κ2) is 11.9. The molecule has 7 nitrogen and oxygen atoms in total. The summed E-state index contributed by atoms with van der Waals surface area (Å²) in [6.45, 7) is 6.62. The molecule has 0 bridgehead atoms. The molecule has 2 atom stereocenters. The summed E-state index contributed by atoms with van der Waals surface area (Å²) >= 11 is 0. The monoisotopic (exact) mass is 517 g/mol. The Labute approximate surface area is 222 Å². The second-order valence-corrected chi connectivity index (χ2v) is 9.92. The molecule has 1 aliphatic heterocycles. The molecule has 4 rings (SSSR count). The van der Waals surface area contributed by atoms with Crippen LogP contribution in [0.5, 0.6) is 0 Å². The fraction of sp³-hybridized carbons (Fsp3) is 0.300. The van der Waals surface area contributed by atoms with E-state index in [-0.39, 0.29) is 24.2 Å². The number of halogens is 1. The number of nitrogens with one attached hydrogen (secondary N) is 2. The Morgan fingerprint density at radius 3 is 2.42 bits per heavy atom. The molecule has 3 aromatic carbocycles. The number of anilines is 1. The molecule has 3 amide bonds. The van der Waals surface area contributed by atoms with E-state index in [1.165, 1.54) is 17.0 Å². The molecule has 0 radical (unpaired) electrons. The number of rotatable bonds is 9. The van der Waals surface area contributed by atoms with Crippen molar-refractivity contribution in [2.24, 2.45) is 5.92 Å². The standard InChI is InChI=1S/C30H32FN3O4/c1-19(2)15-16-32-29(36)26-27(38-30(37)34(26)18-21-9-13-24(31)14-10-21)23-5-4-6-25(17-23)33-28(35)22-11-7-20(3)8-12-22/h4-14,17,19,26-27H,15-16,18H2,1-3H3,(H,32,36)(H,33,35)/t26-,27-/m0/s1. The molecule has 38 heavy (non-hydrogen) atoms. The van der Waals surface area contributed by atoms with Crippen molar-refractivity contribution in [3.63, 3.8) is 0 Å². The molecule has 8 heteroatoms. The molecule has 1 saturated heterocycles. The lowest BCUT2D eigenvalue weighted by molar-refractivity contribution is -0.126. The van der Waals surface area contributed by atoms with Crippen molar-refractivity contribution in [3.8, 4) is 0 Å². The smallest absolute Gasteiger partial charge is 0.411 e. The van der Waals surface area contributed by atoms with Crippen LogP contribution in [0.3, 0.4) is 0 Å². The number of benzene rings is 3. The van der Waals surface area contributed by atoms with Gasteiger partial charge < -0.3 is 15.4 Å². The van der Waals surface area contributed by atoms with E-state index >= 15 is 0 Å². The van der Waals surface area contributed by atoms with Gasteiger partial charge in [0.15, 0.2) is 12.1 Å². The summed E-state index contributed by atoms with van der Waals surface area (Å²) in [5, 5.41) is 5.80. The van der Waals surface area contributed by atoms with Crippen LogP contribution >= 0.6 is 0 Å². The molecule has 0 spiro atoms. The minimum absolute atomic E-state index is 0.0851. The SMILES string of the molecule is Cc1ccc(C(=O)Nc2cccc([C@@H]3OC(=O)N(Cc4ccc(F)cc4)[C@@H]3C(=O)NCCC(C)C)c2)cc1. The minimum Gasteiger partial charge on any atom is -0.438 e. The highest BCUT2D eigenvalue weighted by atomic mass is 19.1. The molecular weight excluding hydrogens is 485 g/mol. The number of aryl methyl sites for hydroxylation is 1. The first-order valence-corrected chi connectivity index (χ1v) is 12.7. The van der Waals surface area contributed by atoms with Crippen LogP contribution in [0.25, 0.3) is 0 Å². The van der Waals surface area contributed by atoms with Gasteiger partial charge in [-0.25, -0.2) is 9.18 Å². The zero-order valence-corrected chi connectivity index (χ0v) is 21.7. The Bertz CT molecular complexity index is 1290. The van der Waals surface area contributed by atoms with Crippen LogP contribution in [-0.2, 0) is 16.1 Å². The quantitative estimate of drug-likeness (QED) is 0.386. The minimum atomic E-state index is -0.942. The van der Waals surface area contributed by atoms with Gasteiger partial charge in [0.05, 0.1) is 6.54 Å². The van der Waals surface area contributed by atoms with E-state index in [4.69, 9.17) is 4.74 Å². The normalized spacial score (nSPS) is 16.9. The third-order valence-corrected chi connectivity index (χ3v) is 6.43. The maximum atomic E-state index is 13.4. The van der Waals surface area contributed by atoms with Crippen molar-refractivity contribution >= 4 is 23.6 Å². The molecule has 0 aliphatic carbocycles. The van der Waals surface area contributed by atoms with Gasteiger partial charge in [-0.3, -0.25) is 14.5 Å². The van der Waals surface area contributed by atoms with Crippen LogP contribution in [0, 0.1) is 18.7 Å². The van der Waals surface area contributed by atoms with Crippen LogP contribution in [0.15, 0.2) is 72.8 Å². The van der Waals surface area contributed by atoms with Gasteiger partial charge in [-0.2, -0.15) is 0 Å². The molecule has 0 aromatic heterocycles. The number of amides is 3. The molecule has 2 N–H and O–H groups in total. The highest BCUT2D eigenvalue weighted by molar-refractivity contribution is 6.04. The van der Waals surface area contributed by atoms with Gasteiger partial charge in [-0.05, 0) is 66.8 Å². The van der Waals surface area contributed by atoms with E-state index in [0.717, 1.165) is 12.0 Å². The molecule has 1 aliphatic rings. The fourth-order valence-corrected chi connectivity index (χ4v) is 4.29. The number of cyclic esters (lactones) is 1. The highest BCUT2D eigenvalue weighted by Crippen LogP contribution is 2.35. The van der Waals surface area contributed by atoms with Gasteiger partial charge in [0.2, 0.25) is 5.91 Å². The van der Waals surface area contributed by atoms with Crippen molar-refractivity contribution in [1.29, 1.82) is 0 Å². The Balaban J connectivity index is 1.58. The topological polar surface area (TPSA) is 87.7 Å². The average Bonchev–Trinajstić information content (AvgIpc) is 3.21. The number of hydrogen-bond donors (Lipinski definition) is 2. The molecular formula is C30H32FN3O4. The first kappa shape index (κ1) is 26.9. The number of carbonyl (C=O) groups is 3. The largest absolute Gasteiger partial charge is 0.438 e. The van der Waals surface area contributed by atoms with Crippen molar-refractivity contribution < 1.29 is 23.5 Å². The van der Waals surface area contributed by atoms with Gasteiger partial charge in [-0.15, -0.1) is 0 Å². The van der Waals surface area contributed by atoms with Crippen LogP contribution in [0.4, 0.5) is 14.9 Å².